The summed E-state index contributed by atoms with van der Waals surface area (Å²) >= 11 is 0. The van der Waals surface area contributed by atoms with E-state index in [4.69, 9.17) is 9.47 Å². The van der Waals surface area contributed by atoms with Gasteiger partial charge in [-0.2, -0.15) is 5.26 Å². The second-order valence-electron chi connectivity index (χ2n) is 7.74. The van der Waals surface area contributed by atoms with Gasteiger partial charge in [0.15, 0.2) is 6.10 Å². The van der Waals surface area contributed by atoms with Crippen molar-refractivity contribution < 1.29 is 14.3 Å². The van der Waals surface area contributed by atoms with Crippen molar-refractivity contribution in [1.82, 2.24) is 19.4 Å². The predicted octanol–water partition coefficient (Wildman–Crippen LogP) is 1.46. The van der Waals surface area contributed by atoms with Gasteiger partial charge in [0.05, 0.1) is 36.5 Å². The standard InChI is InChI=1S/C21H22N6O3/c1-25-10-18(24-13-25)15-8-17-20(16(15)9-22)19(2-3-23-17)26-4-6-27(7-5-26)21(28)30-14-11-29-12-14/h2-3,10,13-14H,4-8,11-12H2,1H3. The number of amides is 1. The number of allylic oxidation sites excluding steroid dienone is 2. The number of piperazine rings is 1. The van der Waals surface area contributed by atoms with Crippen LogP contribution in [-0.4, -0.2) is 71.0 Å². The summed E-state index contributed by atoms with van der Waals surface area (Å²) < 4.78 is 12.3. The van der Waals surface area contributed by atoms with E-state index in [1.807, 2.05) is 23.9 Å². The highest BCUT2D eigenvalue weighted by atomic mass is 16.6. The van der Waals surface area contributed by atoms with Crippen molar-refractivity contribution in [3.05, 3.63) is 41.7 Å². The van der Waals surface area contributed by atoms with E-state index in [1.165, 1.54) is 0 Å². The molecule has 9 nitrogen and oxygen atoms in total. The summed E-state index contributed by atoms with van der Waals surface area (Å²) in [6.45, 7) is 3.45. The minimum atomic E-state index is -0.280. The maximum atomic E-state index is 12.3. The molecule has 30 heavy (non-hydrogen) atoms. The van der Waals surface area contributed by atoms with E-state index < -0.39 is 0 Å². The zero-order chi connectivity index (χ0) is 20.7. The van der Waals surface area contributed by atoms with E-state index >= 15 is 0 Å². The summed E-state index contributed by atoms with van der Waals surface area (Å²) in [5.74, 6) is 0. The minimum absolute atomic E-state index is 0.118. The molecule has 0 spiro atoms. The lowest BCUT2D eigenvalue weighted by Crippen LogP contribution is -2.51. The molecule has 2 fully saturated rings. The number of imidazole rings is 1. The van der Waals surface area contributed by atoms with Crippen LogP contribution in [-0.2, 0) is 22.9 Å². The number of fused-ring (bicyclic) bond motifs is 1. The van der Waals surface area contributed by atoms with E-state index in [-0.39, 0.29) is 12.2 Å². The Hall–Kier alpha value is -3.38. The largest absolute Gasteiger partial charge is 0.441 e. The van der Waals surface area contributed by atoms with E-state index in [2.05, 4.69) is 20.9 Å². The number of nitriles is 1. The van der Waals surface area contributed by atoms with Crippen LogP contribution in [0.4, 0.5) is 10.5 Å². The third-order valence-electron chi connectivity index (χ3n) is 5.78. The first kappa shape index (κ1) is 18.6. The molecule has 4 heterocycles. The van der Waals surface area contributed by atoms with Gasteiger partial charge in [-0.15, -0.1) is 0 Å². The van der Waals surface area contributed by atoms with Gasteiger partial charge in [0.2, 0.25) is 0 Å². The Morgan fingerprint density at radius 2 is 2.07 bits per heavy atom. The lowest BCUT2D eigenvalue weighted by atomic mass is 10.0. The van der Waals surface area contributed by atoms with Crippen molar-refractivity contribution in [3.8, 4) is 6.07 Å². The lowest BCUT2D eigenvalue weighted by molar-refractivity contribution is -0.104. The molecule has 2 aliphatic heterocycles. The van der Waals surface area contributed by atoms with Crippen molar-refractivity contribution in [2.45, 2.75) is 12.5 Å². The minimum Gasteiger partial charge on any atom is -0.441 e. The Morgan fingerprint density at radius 1 is 1.27 bits per heavy atom. The molecule has 0 saturated carbocycles. The Morgan fingerprint density at radius 3 is 2.70 bits per heavy atom. The summed E-state index contributed by atoms with van der Waals surface area (Å²) in [7, 11) is 1.91. The topological polar surface area (TPSA) is 96.5 Å². The van der Waals surface area contributed by atoms with Crippen LogP contribution in [0.25, 0.3) is 11.1 Å². The van der Waals surface area contributed by atoms with Gasteiger partial charge in [-0.3, -0.25) is 4.98 Å². The van der Waals surface area contributed by atoms with E-state index in [0.29, 0.717) is 51.4 Å². The molecule has 1 aliphatic carbocycles. The molecule has 0 radical (unpaired) electrons. The molecule has 0 bridgehead atoms. The highest BCUT2D eigenvalue weighted by Crippen LogP contribution is 2.41. The van der Waals surface area contributed by atoms with Gasteiger partial charge in [0.1, 0.15) is 6.07 Å². The fourth-order valence-corrected chi connectivity index (χ4v) is 4.11. The van der Waals surface area contributed by atoms with Gasteiger partial charge in [-0.25, -0.2) is 9.78 Å². The molecule has 2 saturated heterocycles. The fraction of sp³-hybridized carbons (Fsp3) is 0.429. The second-order valence-corrected chi connectivity index (χ2v) is 7.74. The van der Waals surface area contributed by atoms with Gasteiger partial charge < -0.3 is 23.8 Å². The summed E-state index contributed by atoms with van der Waals surface area (Å²) in [4.78, 5) is 25.2. The van der Waals surface area contributed by atoms with Gasteiger partial charge in [0, 0.05) is 68.9 Å². The number of nitrogens with zero attached hydrogens (tertiary/aromatic N) is 6. The number of rotatable bonds is 3. The number of aryl methyl sites for hydroxylation is 1. The van der Waals surface area contributed by atoms with Crippen molar-refractivity contribution in [2.75, 3.05) is 44.3 Å². The highest BCUT2D eigenvalue weighted by Gasteiger charge is 2.32. The lowest BCUT2D eigenvalue weighted by Gasteiger charge is -2.37. The molecule has 0 aromatic carbocycles. The zero-order valence-corrected chi connectivity index (χ0v) is 16.7. The van der Waals surface area contributed by atoms with Crippen molar-refractivity contribution in [2.24, 2.45) is 7.05 Å². The first-order valence-electron chi connectivity index (χ1n) is 10.0. The molecule has 0 unspecified atom stereocenters. The van der Waals surface area contributed by atoms with Crippen LogP contribution < -0.4 is 4.90 Å². The average Bonchev–Trinajstić information content (AvgIpc) is 3.33. The monoisotopic (exact) mass is 406 g/mol. The van der Waals surface area contributed by atoms with E-state index in [0.717, 1.165) is 28.2 Å². The molecule has 1 amide bonds. The zero-order valence-electron chi connectivity index (χ0n) is 16.7. The Balaban J connectivity index is 1.36. The number of ether oxygens (including phenoxy) is 2. The van der Waals surface area contributed by atoms with E-state index in [1.54, 1.807) is 17.4 Å². The first-order valence-corrected chi connectivity index (χ1v) is 10.0. The van der Waals surface area contributed by atoms with Crippen LogP contribution in [0.15, 0.2) is 24.8 Å². The van der Waals surface area contributed by atoms with Crippen LogP contribution in [0.2, 0.25) is 0 Å². The first-order chi connectivity index (χ1) is 14.6. The number of carbonyl (C=O) groups is 1. The van der Waals surface area contributed by atoms with Gasteiger partial charge in [-0.1, -0.05) is 0 Å². The van der Waals surface area contributed by atoms with Crippen LogP contribution >= 0.6 is 0 Å². The second kappa shape index (κ2) is 7.46. The molecular weight excluding hydrogens is 384 g/mol. The van der Waals surface area contributed by atoms with Gasteiger partial charge in [-0.05, 0) is 6.07 Å². The number of pyridine rings is 1. The van der Waals surface area contributed by atoms with Crippen LogP contribution in [0.3, 0.4) is 0 Å². The summed E-state index contributed by atoms with van der Waals surface area (Å²) in [6.07, 6.45) is 5.66. The maximum absolute atomic E-state index is 12.3. The Bertz CT molecular complexity index is 1060. The highest BCUT2D eigenvalue weighted by molar-refractivity contribution is 6.04. The van der Waals surface area contributed by atoms with Crippen LogP contribution in [0.1, 0.15) is 17.0 Å². The molecule has 154 valence electrons. The number of anilines is 1. The molecule has 0 atom stereocenters. The van der Waals surface area contributed by atoms with Crippen LogP contribution in [0.5, 0.6) is 0 Å². The molecule has 3 aliphatic rings. The summed E-state index contributed by atoms with van der Waals surface area (Å²) in [5.41, 5.74) is 5.14. The summed E-state index contributed by atoms with van der Waals surface area (Å²) in [6, 6.07) is 4.34. The van der Waals surface area contributed by atoms with Crippen molar-refractivity contribution >= 4 is 22.9 Å². The third-order valence-corrected chi connectivity index (χ3v) is 5.78. The normalized spacial score (nSPS) is 18.8. The third kappa shape index (κ3) is 3.19. The SMILES string of the molecule is Cn1cnc(C2=C(C#N)c3c(N4CCN(C(=O)OC5COC5)CC4)ccnc3C2)c1. The molecule has 9 heteroatoms. The van der Waals surface area contributed by atoms with Crippen molar-refractivity contribution in [3.63, 3.8) is 0 Å². The number of aromatic nitrogens is 3. The average molecular weight is 406 g/mol. The van der Waals surface area contributed by atoms with Gasteiger partial charge in [0.25, 0.3) is 0 Å². The van der Waals surface area contributed by atoms with Crippen LogP contribution in [0, 0.1) is 11.3 Å². The number of carbonyl (C=O) groups excluding carboxylic acids is 1. The van der Waals surface area contributed by atoms with Crippen molar-refractivity contribution in [1.29, 1.82) is 5.26 Å². The fourth-order valence-electron chi connectivity index (χ4n) is 4.11. The molecule has 2 aromatic rings. The molecule has 0 N–H and O–H groups in total. The predicted molar refractivity (Wildman–Crippen MR) is 108 cm³/mol. The van der Waals surface area contributed by atoms with Gasteiger partial charge >= 0.3 is 6.09 Å². The summed E-state index contributed by atoms with van der Waals surface area (Å²) in [5, 5.41) is 9.93. The Kier molecular flexibility index (Phi) is 4.64. The molecule has 5 rings (SSSR count). The van der Waals surface area contributed by atoms with E-state index in [9.17, 15) is 10.1 Å². The quantitative estimate of drug-likeness (QED) is 0.761. The smallest absolute Gasteiger partial charge is 0.410 e. The number of hydrogen-bond donors (Lipinski definition) is 0. The molecular formula is C21H22N6O3. The number of hydrogen-bond acceptors (Lipinski definition) is 7. The Labute approximate surface area is 174 Å². The molecule has 2 aromatic heterocycles. The maximum Gasteiger partial charge on any atom is 0.410 e.